The number of benzene rings is 1. The Bertz CT molecular complexity index is 574. The zero-order valence-electron chi connectivity index (χ0n) is 14.2. The number of amides is 1. The van der Waals surface area contributed by atoms with Crippen LogP contribution in [0.4, 0.5) is 18.9 Å². The molecule has 7 heteroatoms. The van der Waals surface area contributed by atoms with Gasteiger partial charge in [-0.15, -0.1) is 0 Å². The van der Waals surface area contributed by atoms with Gasteiger partial charge in [-0.3, -0.25) is 9.69 Å². The summed E-state index contributed by atoms with van der Waals surface area (Å²) >= 11 is 0. The van der Waals surface area contributed by atoms with Gasteiger partial charge in [0.15, 0.2) is 0 Å². The summed E-state index contributed by atoms with van der Waals surface area (Å²) in [5, 5.41) is 1.99. The molecule has 1 aliphatic heterocycles. The standard InChI is InChI=1S/C17H24F3N3O/c1-12(16(24)21-11-17(18,19)20)23-9-5-8-15(23)13-6-4-7-14(10-13)22(2)3/h4,6-7,10,12,15H,5,8-9,11H2,1-3H3,(H,21,24)/t12-,15+/m1/s1. The molecule has 0 radical (unpaired) electrons. The minimum Gasteiger partial charge on any atom is -0.378 e. The maximum Gasteiger partial charge on any atom is 0.405 e. The highest BCUT2D eigenvalue weighted by molar-refractivity contribution is 5.81. The summed E-state index contributed by atoms with van der Waals surface area (Å²) in [5.41, 5.74) is 2.16. The van der Waals surface area contributed by atoms with Crippen LogP contribution in [-0.2, 0) is 4.79 Å². The lowest BCUT2D eigenvalue weighted by Gasteiger charge is -2.30. The van der Waals surface area contributed by atoms with Gasteiger partial charge in [-0.25, -0.2) is 0 Å². The number of hydrogen-bond acceptors (Lipinski definition) is 3. The molecular formula is C17H24F3N3O. The monoisotopic (exact) mass is 343 g/mol. The number of nitrogens with one attached hydrogen (secondary N) is 1. The molecule has 1 aromatic carbocycles. The predicted molar refractivity (Wildman–Crippen MR) is 88.0 cm³/mol. The second kappa shape index (κ2) is 7.42. The first-order valence-corrected chi connectivity index (χ1v) is 8.06. The van der Waals surface area contributed by atoms with E-state index in [1.54, 1.807) is 6.92 Å². The largest absolute Gasteiger partial charge is 0.405 e. The van der Waals surface area contributed by atoms with Crippen LogP contribution in [0.25, 0.3) is 0 Å². The lowest BCUT2D eigenvalue weighted by Crippen LogP contribution is -2.47. The molecule has 1 saturated heterocycles. The maximum absolute atomic E-state index is 12.3. The van der Waals surface area contributed by atoms with Crippen molar-refractivity contribution in [2.45, 2.75) is 38.0 Å². The Kier molecular flexibility index (Phi) is 5.74. The SMILES string of the molecule is C[C@H](C(=O)NCC(F)(F)F)N1CCC[C@H]1c1cccc(N(C)C)c1. The fourth-order valence-corrected chi connectivity index (χ4v) is 3.11. The Hall–Kier alpha value is -1.76. The van der Waals surface area contributed by atoms with Crippen LogP contribution >= 0.6 is 0 Å². The number of carbonyl (C=O) groups is 1. The number of anilines is 1. The lowest BCUT2D eigenvalue weighted by atomic mass is 10.0. The summed E-state index contributed by atoms with van der Waals surface area (Å²) in [6.07, 6.45) is -2.57. The van der Waals surface area contributed by atoms with Crippen LogP contribution in [0, 0.1) is 0 Å². The molecule has 1 fully saturated rings. The first-order chi connectivity index (χ1) is 11.2. The Balaban J connectivity index is 2.09. The Morgan fingerprint density at radius 1 is 1.42 bits per heavy atom. The van der Waals surface area contributed by atoms with Crippen molar-refractivity contribution in [2.24, 2.45) is 0 Å². The topological polar surface area (TPSA) is 35.6 Å². The summed E-state index contributed by atoms with van der Waals surface area (Å²) in [4.78, 5) is 16.1. The maximum atomic E-state index is 12.3. The van der Waals surface area contributed by atoms with Crippen LogP contribution in [0.2, 0.25) is 0 Å². The van der Waals surface area contributed by atoms with Gasteiger partial charge in [0, 0.05) is 25.8 Å². The van der Waals surface area contributed by atoms with Crippen molar-refractivity contribution >= 4 is 11.6 Å². The summed E-state index contributed by atoms with van der Waals surface area (Å²) in [6.45, 7) is 1.09. The van der Waals surface area contributed by atoms with Crippen LogP contribution < -0.4 is 10.2 Å². The van der Waals surface area contributed by atoms with E-state index in [1.807, 2.05) is 47.4 Å². The molecule has 1 heterocycles. The van der Waals surface area contributed by atoms with E-state index in [0.29, 0.717) is 6.54 Å². The zero-order valence-corrected chi connectivity index (χ0v) is 14.2. The van der Waals surface area contributed by atoms with Crippen LogP contribution in [-0.4, -0.2) is 50.2 Å². The second-order valence-electron chi connectivity index (χ2n) is 6.39. The molecule has 1 amide bonds. The van der Waals surface area contributed by atoms with Crippen molar-refractivity contribution in [1.82, 2.24) is 10.2 Å². The van der Waals surface area contributed by atoms with E-state index in [2.05, 4.69) is 6.07 Å². The van der Waals surface area contributed by atoms with Crippen LogP contribution in [0.3, 0.4) is 0 Å². The number of alkyl halides is 3. The van der Waals surface area contributed by atoms with Crippen molar-refractivity contribution in [3.63, 3.8) is 0 Å². The third kappa shape index (κ3) is 4.63. The van der Waals surface area contributed by atoms with E-state index in [4.69, 9.17) is 0 Å². The first-order valence-electron chi connectivity index (χ1n) is 8.06. The average Bonchev–Trinajstić information content (AvgIpc) is 3.00. The fourth-order valence-electron chi connectivity index (χ4n) is 3.11. The first kappa shape index (κ1) is 18.6. The summed E-state index contributed by atoms with van der Waals surface area (Å²) in [7, 11) is 3.91. The van der Waals surface area contributed by atoms with E-state index in [-0.39, 0.29) is 6.04 Å². The highest BCUT2D eigenvalue weighted by Crippen LogP contribution is 2.34. The van der Waals surface area contributed by atoms with E-state index in [9.17, 15) is 18.0 Å². The van der Waals surface area contributed by atoms with E-state index in [0.717, 1.165) is 24.1 Å². The smallest absolute Gasteiger partial charge is 0.378 e. The molecule has 2 rings (SSSR count). The molecule has 1 aromatic rings. The number of nitrogens with zero attached hydrogens (tertiary/aromatic N) is 2. The Labute approximate surface area is 140 Å². The molecule has 1 N–H and O–H groups in total. The normalized spacial score (nSPS) is 20.0. The van der Waals surface area contributed by atoms with E-state index < -0.39 is 24.7 Å². The molecule has 4 nitrogen and oxygen atoms in total. The quantitative estimate of drug-likeness (QED) is 0.893. The summed E-state index contributed by atoms with van der Waals surface area (Å²) in [5.74, 6) is -0.581. The van der Waals surface area contributed by atoms with Crippen molar-refractivity contribution in [2.75, 3.05) is 32.1 Å². The van der Waals surface area contributed by atoms with Crippen molar-refractivity contribution in [3.8, 4) is 0 Å². The van der Waals surface area contributed by atoms with Gasteiger partial charge in [0.25, 0.3) is 0 Å². The van der Waals surface area contributed by atoms with Gasteiger partial charge in [0.2, 0.25) is 5.91 Å². The van der Waals surface area contributed by atoms with Gasteiger partial charge in [-0.05, 0) is 44.0 Å². The zero-order chi connectivity index (χ0) is 17.9. The van der Waals surface area contributed by atoms with Crippen LogP contribution in [0.5, 0.6) is 0 Å². The average molecular weight is 343 g/mol. The van der Waals surface area contributed by atoms with Crippen LogP contribution in [0.15, 0.2) is 24.3 Å². The molecule has 134 valence electrons. The molecule has 24 heavy (non-hydrogen) atoms. The highest BCUT2D eigenvalue weighted by atomic mass is 19.4. The predicted octanol–water partition coefficient (Wildman–Crippen LogP) is 2.96. The van der Waals surface area contributed by atoms with Gasteiger partial charge >= 0.3 is 6.18 Å². The number of halogens is 3. The third-order valence-electron chi connectivity index (χ3n) is 4.41. The molecular weight excluding hydrogens is 319 g/mol. The molecule has 1 aliphatic rings. The van der Waals surface area contributed by atoms with Crippen LogP contribution in [0.1, 0.15) is 31.4 Å². The minimum atomic E-state index is -4.39. The number of carbonyl (C=O) groups excluding carboxylic acids is 1. The molecule has 0 unspecified atom stereocenters. The van der Waals surface area contributed by atoms with Gasteiger partial charge in [0.1, 0.15) is 6.54 Å². The second-order valence-corrected chi connectivity index (χ2v) is 6.39. The van der Waals surface area contributed by atoms with Gasteiger partial charge in [-0.2, -0.15) is 13.2 Å². The molecule has 2 atom stereocenters. The van der Waals surface area contributed by atoms with E-state index in [1.165, 1.54) is 0 Å². The van der Waals surface area contributed by atoms with Crippen molar-refractivity contribution in [1.29, 1.82) is 0 Å². The molecule has 0 saturated carbocycles. The van der Waals surface area contributed by atoms with Gasteiger partial charge < -0.3 is 10.2 Å². The third-order valence-corrected chi connectivity index (χ3v) is 4.41. The van der Waals surface area contributed by atoms with Crippen molar-refractivity contribution in [3.05, 3.63) is 29.8 Å². The lowest BCUT2D eigenvalue weighted by molar-refractivity contribution is -0.141. The summed E-state index contributed by atoms with van der Waals surface area (Å²) in [6, 6.07) is 7.51. The number of rotatable bonds is 5. The number of hydrogen-bond donors (Lipinski definition) is 1. The highest BCUT2D eigenvalue weighted by Gasteiger charge is 2.35. The molecule has 0 bridgehead atoms. The van der Waals surface area contributed by atoms with Gasteiger partial charge in [0.05, 0.1) is 6.04 Å². The molecule has 0 aromatic heterocycles. The minimum absolute atomic E-state index is 0.0523. The fraction of sp³-hybridized carbons (Fsp3) is 0.588. The van der Waals surface area contributed by atoms with E-state index >= 15 is 0 Å². The molecule has 0 aliphatic carbocycles. The molecule has 0 spiro atoms. The van der Waals surface area contributed by atoms with Crippen molar-refractivity contribution < 1.29 is 18.0 Å². The Morgan fingerprint density at radius 3 is 2.75 bits per heavy atom. The van der Waals surface area contributed by atoms with Gasteiger partial charge in [-0.1, -0.05) is 12.1 Å². The number of likely N-dealkylation sites (tertiary alicyclic amines) is 1. The Morgan fingerprint density at radius 2 is 2.12 bits per heavy atom. The summed E-state index contributed by atoms with van der Waals surface area (Å²) < 4.78 is 36.9.